The van der Waals surface area contributed by atoms with Gasteiger partial charge in [-0.1, -0.05) is 18.6 Å². The first-order chi connectivity index (χ1) is 18.4. The molecular formula is C32H42N4O3. The highest BCUT2D eigenvalue weighted by molar-refractivity contribution is 6.07. The lowest BCUT2D eigenvalue weighted by molar-refractivity contribution is 0.0547. The lowest BCUT2D eigenvalue weighted by Gasteiger charge is -2.26. The molecule has 39 heavy (non-hydrogen) atoms. The number of hydrogen-bond donors (Lipinski definition) is 2. The van der Waals surface area contributed by atoms with Gasteiger partial charge in [-0.05, 0) is 108 Å². The van der Waals surface area contributed by atoms with Gasteiger partial charge in [-0.15, -0.1) is 0 Å². The van der Waals surface area contributed by atoms with Gasteiger partial charge in [-0.3, -0.25) is 9.69 Å². The zero-order valence-corrected chi connectivity index (χ0v) is 24.2. The van der Waals surface area contributed by atoms with E-state index < -0.39 is 11.7 Å². The summed E-state index contributed by atoms with van der Waals surface area (Å²) in [5.41, 5.74) is 5.40. The Morgan fingerprint density at radius 2 is 1.72 bits per heavy atom. The van der Waals surface area contributed by atoms with E-state index >= 15 is 0 Å². The lowest BCUT2D eigenvalue weighted by Crippen LogP contribution is -2.35. The summed E-state index contributed by atoms with van der Waals surface area (Å²) in [6.07, 6.45) is 3.35. The van der Waals surface area contributed by atoms with Crippen LogP contribution in [0.1, 0.15) is 87.9 Å². The minimum absolute atomic E-state index is 0.0522. The summed E-state index contributed by atoms with van der Waals surface area (Å²) in [5, 5.41) is 7.50. The number of amides is 1. The first-order valence-electron chi connectivity index (χ1n) is 14.2. The van der Waals surface area contributed by atoms with E-state index in [1.54, 1.807) is 4.57 Å². The SMILES string of the molecule is CC(C)(C)NCc1cc2c(c(-c3cc4cc(CN5CCCCC5)ccc4n3C(=O)OC(C)(C)C)c1)C(=O)NC2. The van der Waals surface area contributed by atoms with E-state index in [1.165, 1.54) is 24.8 Å². The van der Waals surface area contributed by atoms with Gasteiger partial charge < -0.3 is 15.4 Å². The Balaban J connectivity index is 1.64. The number of piperidine rings is 1. The highest BCUT2D eigenvalue weighted by Crippen LogP contribution is 2.36. The van der Waals surface area contributed by atoms with Crippen LogP contribution in [0.5, 0.6) is 0 Å². The zero-order chi connectivity index (χ0) is 27.9. The molecule has 1 aromatic heterocycles. The molecule has 0 spiro atoms. The van der Waals surface area contributed by atoms with Crippen LogP contribution in [0, 0.1) is 0 Å². The van der Waals surface area contributed by atoms with E-state index in [0.29, 0.717) is 24.3 Å². The van der Waals surface area contributed by atoms with Crippen molar-refractivity contribution in [3.8, 4) is 11.3 Å². The molecule has 7 heteroatoms. The monoisotopic (exact) mass is 530 g/mol. The molecule has 2 aliphatic rings. The van der Waals surface area contributed by atoms with Crippen LogP contribution >= 0.6 is 0 Å². The van der Waals surface area contributed by atoms with E-state index in [1.807, 2.05) is 39.0 Å². The minimum Gasteiger partial charge on any atom is -0.443 e. The Bertz CT molecular complexity index is 1400. The normalized spacial score (nSPS) is 16.4. The van der Waals surface area contributed by atoms with Gasteiger partial charge in [0.2, 0.25) is 0 Å². The van der Waals surface area contributed by atoms with Crippen molar-refractivity contribution in [2.24, 2.45) is 0 Å². The van der Waals surface area contributed by atoms with Crippen LogP contribution in [-0.2, 0) is 24.4 Å². The Labute approximate surface area is 231 Å². The first-order valence-corrected chi connectivity index (χ1v) is 14.2. The molecule has 1 amide bonds. The lowest BCUT2D eigenvalue weighted by atomic mass is 9.96. The predicted molar refractivity (Wildman–Crippen MR) is 156 cm³/mol. The van der Waals surface area contributed by atoms with Crippen molar-refractivity contribution in [1.82, 2.24) is 20.1 Å². The molecule has 3 aromatic rings. The number of nitrogens with zero attached hydrogens (tertiary/aromatic N) is 2. The summed E-state index contributed by atoms with van der Waals surface area (Å²) >= 11 is 0. The molecule has 7 nitrogen and oxygen atoms in total. The van der Waals surface area contributed by atoms with Crippen LogP contribution in [0.4, 0.5) is 4.79 Å². The van der Waals surface area contributed by atoms with E-state index in [2.05, 4.69) is 54.5 Å². The average molecular weight is 531 g/mol. The van der Waals surface area contributed by atoms with Gasteiger partial charge in [-0.2, -0.15) is 0 Å². The number of ether oxygens (including phenoxy) is 1. The average Bonchev–Trinajstić information content (AvgIpc) is 3.42. The summed E-state index contributed by atoms with van der Waals surface area (Å²) in [5.74, 6) is -0.109. The number of hydrogen-bond acceptors (Lipinski definition) is 5. The maximum Gasteiger partial charge on any atom is 0.419 e. The highest BCUT2D eigenvalue weighted by atomic mass is 16.6. The van der Waals surface area contributed by atoms with Crippen LogP contribution in [0.2, 0.25) is 0 Å². The second-order valence-corrected chi connectivity index (χ2v) is 13.0. The van der Waals surface area contributed by atoms with E-state index in [4.69, 9.17) is 4.74 Å². The molecule has 5 rings (SSSR count). The fourth-order valence-corrected chi connectivity index (χ4v) is 5.55. The number of nitrogens with one attached hydrogen (secondary N) is 2. The molecule has 0 radical (unpaired) electrons. The van der Waals surface area contributed by atoms with Crippen LogP contribution in [0.3, 0.4) is 0 Å². The standard InChI is InChI=1S/C32H42N4O3/c1-31(2,3)34-18-22-15-24-19-33-29(37)28(24)25(16-22)27-17-23-14-21(20-35-12-8-7-9-13-35)10-11-26(23)36(27)30(38)39-32(4,5)6/h10-11,14-17,34H,7-9,12-13,18-20H2,1-6H3,(H,33,37). The van der Waals surface area contributed by atoms with E-state index in [-0.39, 0.29) is 11.4 Å². The molecule has 208 valence electrons. The number of likely N-dealkylation sites (tertiary alicyclic amines) is 1. The number of aromatic nitrogens is 1. The Kier molecular flexibility index (Phi) is 7.33. The third-order valence-corrected chi connectivity index (χ3v) is 7.34. The Hall–Kier alpha value is -3.16. The van der Waals surface area contributed by atoms with Gasteiger partial charge in [0.25, 0.3) is 5.91 Å². The third-order valence-electron chi connectivity index (χ3n) is 7.34. The molecule has 1 saturated heterocycles. The third kappa shape index (κ3) is 6.20. The number of carbonyl (C=O) groups excluding carboxylic acids is 2. The smallest absolute Gasteiger partial charge is 0.419 e. The number of fused-ring (bicyclic) bond motifs is 2. The van der Waals surface area contributed by atoms with Gasteiger partial charge in [0.15, 0.2) is 0 Å². The maximum atomic E-state index is 13.7. The molecule has 0 aliphatic carbocycles. The van der Waals surface area contributed by atoms with Gasteiger partial charge in [0.1, 0.15) is 5.60 Å². The molecule has 2 aromatic carbocycles. The number of benzene rings is 2. The summed E-state index contributed by atoms with van der Waals surface area (Å²) in [6.45, 7) is 16.3. The predicted octanol–water partition coefficient (Wildman–Crippen LogP) is 6.21. The summed E-state index contributed by atoms with van der Waals surface area (Å²) in [7, 11) is 0. The van der Waals surface area contributed by atoms with Gasteiger partial charge in [0.05, 0.1) is 16.8 Å². The molecule has 3 heterocycles. The Morgan fingerprint density at radius 3 is 2.41 bits per heavy atom. The fraction of sp³-hybridized carbons (Fsp3) is 0.500. The van der Waals surface area contributed by atoms with Crippen molar-refractivity contribution in [1.29, 1.82) is 0 Å². The van der Waals surface area contributed by atoms with Crippen molar-refractivity contribution in [2.75, 3.05) is 13.1 Å². The number of rotatable bonds is 5. The molecule has 0 saturated carbocycles. The summed E-state index contributed by atoms with van der Waals surface area (Å²) in [4.78, 5) is 29.2. The first kappa shape index (κ1) is 27.4. The largest absolute Gasteiger partial charge is 0.443 e. The molecule has 1 fully saturated rings. The topological polar surface area (TPSA) is 75.6 Å². The van der Waals surface area contributed by atoms with Gasteiger partial charge >= 0.3 is 6.09 Å². The quantitative estimate of drug-likeness (QED) is 0.410. The van der Waals surface area contributed by atoms with Gasteiger partial charge in [-0.25, -0.2) is 9.36 Å². The van der Waals surface area contributed by atoms with Crippen LogP contribution < -0.4 is 10.6 Å². The van der Waals surface area contributed by atoms with Crippen molar-refractivity contribution in [2.45, 2.75) is 91.6 Å². The zero-order valence-electron chi connectivity index (χ0n) is 24.2. The van der Waals surface area contributed by atoms with Crippen molar-refractivity contribution >= 4 is 22.9 Å². The van der Waals surface area contributed by atoms with Crippen molar-refractivity contribution in [3.63, 3.8) is 0 Å². The molecule has 2 aliphatic heterocycles. The molecule has 2 N–H and O–H groups in total. The van der Waals surface area contributed by atoms with Crippen LogP contribution in [0.25, 0.3) is 22.2 Å². The fourth-order valence-electron chi connectivity index (χ4n) is 5.55. The van der Waals surface area contributed by atoms with E-state index in [0.717, 1.165) is 47.2 Å². The maximum absolute atomic E-state index is 13.7. The molecule has 0 unspecified atom stereocenters. The van der Waals surface area contributed by atoms with Gasteiger partial charge in [0, 0.05) is 36.1 Å². The minimum atomic E-state index is -0.656. The van der Waals surface area contributed by atoms with Crippen molar-refractivity contribution in [3.05, 3.63) is 58.7 Å². The highest BCUT2D eigenvalue weighted by Gasteiger charge is 2.29. The molecule has 0 atom stereocenters. The number of carbonyl (C=O) groups is 2. The van der Waals surface area contributed by atoms with Crippen molar-refractivity contribution < 1.29 is 14.3 Å². The molecular weight excluding hydrogens is 488 g/mol. The van der Waals surface area contributed by atoms with Crippen LogP contribution in [0.15, 0.2) is 36.4 Å². The van der Waals surface area contributed by atoms with Crippen LogP contribution in [-0.4, -0.2) is 45.7 Å². The second kappa shape index (κ2) is 10.4. The summed E-state index contributed by atoms with van der Waals surface area (Å²) in [6, 6.07) is 12.5. The Morgan fingerprint density at radius 1 is 0.974 bits per heavy atom. The second-order valence-electron chi connectivity index (χ2n) is 13.0. The van der Waals surface area contributed by atoms with E-state index in [9.17, 15) is 9.59 Å². The summed E-state index contributed by atoms with van der Waals surface area (Å²) < 4.78 is 7.52. The molecule has 0 bridgehead atoms.